The summed E-state index contributed by atoms with van der Waals surface area (Å²) in [5.74, 6) is 0. The smallest absolute Gasteiger partial charge is 0.110 e. The minimum absolute atomic E-state index is 0.365. The molecule has 2 aromatic carbocycles. The van der Waals surface area contributed by atoms with E-state index in [9.17, 15) is 0 Å². The lowest BCUT2D eigenvalue weighted by Crippen LogP contribution is -1.91. The van der Waals surface area contributed by atoms with Gasteiger partial charge in [0.25, 0.3) is 0 Å². The van der Waals surface area contributed by atoms with Crippen LogP contribution in [0.4, 0.5) is 0 Å². The second-order valence-electron chi connectivity index (χ2n) is 5.01. The first kappa shape index (κ1) is 15.5. The number of hydrogen-bond acceptors (Lipinski definition) is 1. The van der Waals surface area contributed by atoms with Crippen LogP contribution in [-0.2, 0) is 6.54 Å². The van der Waals surface area contributed by atoms with Gasteiger partial charge in [0.1, 0.15) is 6.54 Å². The number of H-pyrrole nitrogens is 1. The topological polar surface area (TPSA) is 44.5 Å². The minimum atomic E-state index is 0.365. The highest BCUT2D eigenvalue weighted by Gasteiger charge is 2.00. The molecule has 4 rings (SSSR count). The molecular formula is C18H13Cl2N3. The zero-order valence-electron chi connectivity index (χ0n) is 12.1. The van der Waals surface area contributed by atoms with E-state index >= 15 is 0 Å². The van der Waals surface area contributed by atoms with Crippen molar-refractivity contribution in [1.82, 2.24) is 9.55 Å². The highest BCUT2D eigenvalue weighted by atomic mass is 35.5. The van der Waals surface area contributed by atoms with Crippen molar-refractivity contribution in [2.45, 2.75) is 6.54 Å². The van der Waals surface area contributed by atoms with Crippen LogP contribution in [0, 0.1) is 11.3 Å². The Morgan fingerprint density at radius 2 is 1.70 bits per heavy atom. The van der Waals surface area contributed by atoms with Crippen molar-refractivity contribution >= 4 is 45.0 Å². The van der Waals surface area contributed by atoms with Crippen molar-refractivity contribution in [3.05, 3.63) is 71.0 Å². The first-order valence-electron chi connectivity index (χ1n) is 7.01. The van der Waals surface area contributed by atoms with Gasteiger partial charge in [-0.3, -0.25) is 0 Å². The number of benzene rings is 2. The Morgan fingerprint density at radius 1 is 0.957 bits per heavy atom. The Morgan fingerprint density at radius 3 is 2.48 bits per heavy atom. The fraction of sp³-hybridized carbons (Fsp3) is 0.0556. The Balaban J connectivity index is 0.000000140. The molecule has 0 amide bonds. The molecule has 0 aliphatic rings. The lowest BCUT2D eigenvalue weighted by Gasteiger charge is -1.98. The third kappa shape index (κ3) is 3.50. The highest BCUT2D eigenvalue weighted by Crippen LogP contribution is 2.20. The molecule has 2 aromatic heterocycles. The summed E-state index contributed by atoms with van der Waals surface area (Å²) in [4.78, 5) is 3.08. The van der Waals surface area contributed by atoms with Gasteiger partial charge in [-0.05, 0) is 47.2 Å². The number of hydrogen-bond donors (Lipinski definition) is 1. The molecule has 2 heterocycles. The van der Waals surface area contributed by atoms with E-state index in [1.54, 1.807) is 0 Å². The second-order valence-corrected chi connectivity index (χ2v) is 5.89. The third-order valence-corrected chi connectivity index (χ3v) is 3.96. The molecule has 0 saturated heterocycles. The monoisotopic (exact) mass is 341 g/mol. The average Bonchev–Trinajstić information content (AvgIpc) is 3.15. The van der Waals surface area contributed by atoms with Crippen molar-refractivity contribution in [2.24, 2.45) is 0 Å². The summed E-state index contributed by atoms with van der Waals surface area (Å²) < 4.78 is 1.88. The Kier molecular flexibility index (Phi) is 4.57. The molecule has 0 bridgehead atoms. The molecule has 0 spiro atoms. The van der Waals surface area contributed by atoms with Crippen LogP contribution in [0.5, 0.6) is 0 Å². The number of aromatic amines is 1. The SMILES string of the molecule is Clc1ccc2cc[nH]c2c1.N#CCn1ccc2ccc(Cl)cc21. The Hall–Kier alpha value is -2.41. The zero-order valence-corrected chi connectivity index (χ0v) is 13.6. The predicted molar refractivity (Wildman–Crippen MR) is 95.9 cm³/mol. The van der Waals surface area contributed by atoms with Gasteiger partial charge in [0.15, 0.2) is 0 Å². The van der Waals surface area contributed by atoms with E-state index in [0.717, 1.165) is 21.4 Å². The van der Waals surface area contributed by atoms with E-state index in [-0.39, 0.29) is 0 Å². The largest absolute Gasteiger partial charge is 0.361 e. The van der Waals surface area contributed by atoms with Crippen LogP contribution in [0.15, 0.2) is 60.9 Å². The molecule has 1 N–H and O–H groups in total. The van der Waals surface area contributed by atoms with Gasteiger partial charge in [0.05, 0.1) is 11.6 Å². The van der Waals surface area contributed by atoms with Crippen molar-refractivity contribution in [2.75, 3.05) is 0 Å². The predicted octanol–water partition coefficient (Wildman–Crippen LogP) is 5.64. The summed E-state index contributed by atoms with van der Waals surface area (Å²) in [7, 11) is 0. The molecule has 0 aliphatic carbocycles. The molecule has 4 aromatic rings. The summed E-state index contributed by atoms with van der Waals surface area (Å²) in [6.07, 6.45) is 3.80. The van der Waals surface area contributed by atoms with E-state index < -0.39 is 0 Å². The molecule has 0 radical (unpaired) electrons. The van der Waals surface area contributed by atoms with Crippen LogP contribution in [0.25, 0.3) is 21.8 Å². The zero-order chi connectivity index (χ0) is 16.2. The molecule has 0 saturated carbocycles. The van der Waals surface area contributed by atoms with Gasteiger partial charge in [0, 0.05) is 28.0 Å². The van der Waals surface area contributed by atoms with Crippen LogP contribution >= 0.6 is 23.2 Å². The van der Waals surface area contributed by atoms with Crippen LogP contribution < -0.4 is 0 Å². The van der Waals surface area contributed by atoms with E-state index in [1.807, 2.05) is 65.5 Å². The first-order chi connectivity index (χ1) is 11.2. The molecule has 0 fully saturated rings. The van der Waals surface area contributed by atoms with Crippen LogP contribution in [-0.4, -0.2) is 9.55 Å². The lowest BCUT2D eigenvalue weighted by molar-refractivity contribution is 0.874. The molecule has 3 nitrogen and oxygen atoms in total. The number of rotatable bonds is 1. The summed E-state index contributed by atoms with van der Waals surface area (Å²) in [6.45, 7) is 0.365. The Labute approximate surface area is 143 Å². The van der Waals surface area contributed by atoms with Crippen molar-refractivity contribution in [3.8, 4) is 6.07 Å². The van der Waals surface area contributed by atoms with Crippen LogP contribution in [0.3, 0.4) is 0 Å². The number of fused-ring (bicyclic) bond motifs is 2. The van der Waals surface area contributed by atoms with Gasteiger partial charge in [-0.25, -0.2) is 0 Å². The van der Waals surface area contributed by atoms with Crippen molar-refractivity contribution in [1.29, 1.82) is 5.26 Å². The molecule has 0 aliphatic heterocycles. The van der Waals surface area contributed by atoms with Gasteiger partial charge in [-0.1, -0.05) is 35.3 Å². The van der Waals surface area contributed by atoms with Crippen LogP contribution in [0.1, 0.15) is 0 Å². The van der Waals surface area contributed by atoms with Gasteiger partial charge < -0.3 is 9.55 Å². The van der Waals surface area contributed by atoms with Gasteiger partial charge in [-0.15, -0.1) is 0 Å². The van der Waals surface area contributed by atoms with Crippen LogP contribution in [0.2, 0.25) is 10.0 Å². The van der Waals surface area contributed by atoms with E-state index in [2.05, 4.69) is 11.1 Å². The maximum Gasteiger partial charge on any atom is 0.110 e. The Bertz CT molecular complexity index is 992. The number of halogens is 2. The number of nitrogens with one attached hydrogen (secondary N) is 1. The molecule has 0 atom stereocenters. The third-order valence-electron chi connectivity index (χ3n) is 3.49. The number of nitriles is 1. The molecule has 5 heteroatoms. The second kappa shape index (κ2) is 6.78. The van der Waals surface area contributed by atoms with Crippen molar-refractivity contribution < 1.29 is 0 Å². The summed E-state index contributed by atoms with van der Waals surface area (Å²) in [5, 5.41) is 12.3. The maximum atomic E-state index is 8.56. The molecule has 23 heavy (non-hydrogen) atoms. The van der Waals surface area contributed by atoms with Gasteiger partial charge in [-0.2, -0.15) is 5.26 Å². The molecular weight excluding hydrogens is 329 g/mol. The van der Waals surface area contributed by atoms with E-state index in [1.165, 1.54) is 5.39 Å². The summed E-state index contributed by atoms with van der Waals surface area (Å²) in [6, 6.07) is 17.6. The minimum Gasteiger partial charge on any atom is -0.361 e. The first-order valence-corrected chi connectivity index (χ1v) is 7.77. The molecule has 0 unspecified atom stereocenters. The average molecular weight is 342 g/mol. The van der Waals surface area contributed by atoms with Gasteiger partial charge in [0.2, 0.25) is 0 Å². The maximum absolute atomic E-state index is 8.56. The van der Waals surface area contributed by atoms with Gasteiger partial charge >= 0.3 is 0 Å². The lowest BCUT2D eigenvalue weighted by atomic mass is 10.2. The number of aromatic nitrogens is 2. The normalized spacial score (nSPS) is 10.3. The summed E-state index contributed by atoms with van der Waals surface area (Å²) in [5.41, 5.74) is 2.10. The van der Waals surface area contributed by atoms with Crippen molar-refractivity contribution in [3.63, 3.8) is 0 Å². The van der Waals surface area contributed by atoms with E-state index in [0.29, 0.717) is 11.6 Å². The summed E-state index contributed by atoms with van der Waals surface area (Å²) >= 11 is 11.6. The fourth-order valence-corrected chi connectivity index (χ4v) is 2.73. The number of nitrogens with zero attached hydrogens (tertiary/aromatic N) is 2. The highest BCUT2D eigenvalue weighted by molar-refractivity contribution is 6.31. The standard InChI is InChI=1S/C10H7ClN2.C8H6ClN/c11-9-2-1-8-3-5-13(6-4-12)10(8)7-9;9-7-2-1-6-3-4-10-8(6)5-7/h1-3,5,7H,6H2;1-5,10H. The fourth-order valence-electron chi connectivity index (χ4n) is 2.39. The quantitative estimate of drug-likeness (QED) is 0.478. The van der Waals surface area contributed by atoms with E-state index in [4.69, 9.17) is 28.5 Å². The molecule has 114 valence electrons.